The number of allylic oxidation sites excluding steroid dienone is 5. The van der Waals surface area contributed by atoms with E-state index in [-0.39, 0.29) is 28.6 Å². The Morgan fingerprint density at radius 3 is 2.73 bits per heavy atom. The number of hydrogen-bond acceptors (Lipinski definition) is 2. The molecular formula is C24H32O2. The largest absolute Gasteiger partial charge is 0.392 e. The number of aliphatic hydroxyl groups excluding tert-OH is 1. The van der Waals surface area contributed by atoms with Crippen LogP contribution >= 0.6 is 0 Å². The molecule has 0 aliphatic heterocycles. The van der Waals surface area contributed by atoms with E-state index in [4.69, 9.17) is 0 Å². The van der Waals surface area contributed by atoms with Crippen LogP contribution in [0.4, 0.5) is 0 Å². The minimum absolute atomic E-state index is 0.0181. The molecule has 4 rings (SSSR count). The molecule has 3 saturated carbocycles. The van der Waals surface area contributed by atoms with Crippen LogP contribution in [0.1, 0.15) is 52.9 Å². The normalized spacial score (nSPS) is 47.1. The first-order valence-corrected chi connectivity index (χ1v) is 10.1. The lowest BCUT2D eigenvalue weighted by Gasteiger charge is -2.60. The number of carbonyl (C=O) groups is 1. The topological polar surface area (TPSA) is 37.3 Å². The maximum atomic E-state index is 11.9. The van der Waals surface area contributed by atoms with E-state index in [1.54, 1.807) is 6.08 Å². The van der Waals surface area contributed by atoms with Gasteiger partial charge in [0.15, 0.2) is 5.78 Å². The molecule has 4 unspecified atom stereocenters. The molecule has 3 fully saturated rings. The Morgan fingerprint density at radius 1 is 1.31 bits per heavy atom. The van der Waals surface area contributed by atoms with E-state index in [2.05, 4.69) is 40.0 Å². The molecule has 2 heteroatoms. The van der Waals surface area contributed by atoms with Crippen LogP contribution in [0.2, 0.25) is 0 Å². The Kier molecular flexibility index (Phi) is 3.83. The van der Waals surface area contributed by atoms with E-state index in [0.717, 1.165) is 31.3 Å². The van der Waals surface area contributed by atoms with Crippen molar-refractivity contribution in [1.29, 1.82) is 0 Å². The quantitative estimate of drug-likeness (QED) is 0.709. The fraction of sp³-hybridized carbons (Fsp3) is 0.625. The summed E-state index contributed by atoms with van der Waals surface area (Å²) in [4.78, 5) is 11.9. The van der Waals surface area contributed by atoms with Gasteiger partial charge in [-0.15, -0.1) is 0 Å². The van der Waals surface area contributed by atoms with Crippen molar-refractivity contribution in [3.8, 4) is 0 Å². The van der Waals surface area contributed by atoms with Gasteiger partial charge in [-0.05, 0) is 78.4 Å². The van der Waals surface area contributed by atoms with Crippen molar-refractivity contribution in [3.63, 3.8) is 0 Å². The fourth-order valence-electron chi connectivity index (χ4n) is 7.28. The van der Waals surface area contributed by atoms with Gasteiger partial charge in [0.2, 0.25) is 0 Å². The Bertz CT molecular complexity index is 756. The molecule has 0 spiro atoms. The zero-order valence-electron chi connectivity index (χ0n) is 16.5. The molecular weight excluding hydrogens is 320 g/mol. The van der Waals surface area contributed by atoms with Crippen molar-refractivity contribution in [2.24, 2.45) is 34.0 Å². The third-order valence-electron chi connectivity index (χ3n) is 8.98. The molecule has 1 N–H and O–H groups in total. The number of rotatable bonds is 2. The van der Waals surface area contributed by atoms with Gasteiger partial charge in [0, 0.05) is 5.41 Å². The van der Waals surface area contributed by atoms with Gasteiger partial charge in [0.25, 0.3) is 0 Å². The smallest absolute Gasteiger partial charge is 0.178 e. The zero-order chi connectivity index (χ0) is 18.9. The highest BCUT2D eigenvalue weighted by Gasteiger charge is 2.63. The summed E-state index contributed by atoms with van der Waals surface area (Å²) in [5.74, 6) is 1.80. The van der Waals surface area contributed by atoms with Gasteiger partial charge in [0.1, 0.15) is 0 Å². The van der Waals surface area contributed by atoms with Gasteiger partial charge in [-0.3, -0.25) is 4.79 Å². The molecule has 0 aromatic carbocycles. The highest BCUT2D eigenvalue weighted by molar-refractivity contribution is 6.01. The maximum absolute atomic E-state index is 11.9. The van der Waals surface area contributed by atoms with Gasteiger partial charge in [-0.1, -0.05) is 51.2 Å². The fourth-order valence-corrected chi connectivity index (χ4v) is 7.28. The van der Waals surface area contributed by atoms with Crippen molar-refractivity contribution in [3.05, 3.63) is 48.1 Å². The predicted molar refractivity (Wildman–Crippen MR) is 105 cm³/mol. The Labute approximate surface area is 157 Å². The number of ketones is 1. The van der Waals surface area contributed by atoms with Gasteiger partial charge in [-0.25, -0.2) is 0 Å². The van der Waals surface area contributed by atoms with E-state index >= 15 is 0 Å². The molecule has 0 aromatic rings. The second-order valence-electron chi connectivity index (χ2n) is 9.86. The number of carbonyl (C=O) groups excluding carboxylic acids is 1. The molecule has 26 heavy (non-hydrogen) atoms. The van der Waals surface area contributed by atoms with Crippen LogP contribution < -0.4 is 0 Å². The molecule has 6 atom stereocenters. The first-order valence-electron chi connectivity index (χ1n) is 10.1. The lowest BCUT2D eigenvalue weighted by molar-refractivity contribution is -0.111. The molecule has 4 aliphatic carbocycles. The van der Waals surface area contributed by atoms with Crippen LogP contribution in [0.25, 0.3) is 0 Å². The molecule has 0 radical (unpaired) electrons. The minimum atomic E-state index is -0.0534. The summed E-state index contributed by atoms with van der Waals surface area (Å²) in [6, 6.07) is 0. The predicted octanol–water partition coefficient (Wildman–Crippen LogP) is 5.02. The highest BCUT2D eigenvalue weighted by Crippen LogP contribution is 2.71. The van der Waals surface area contributed by atoms with E-state index < -0.39 is 0 Å². The summed E-state index contributed by atoms with van der Waals surface area (Å²) < 4.78 is 0. The molecule has 0 bridgehead atoms. The van der Waals surface area contributed by atoms with Crippen LogP contribution in [-0.2, 0) is 4.79 Å². The van der Waals surface area contributed by atoms with Gasteiger partial charge < -0.3 is 5.11 Å². The van der Waals surface area contributed by atoms with Crippen LogP contribution in [0.3, 0.4) is 0 Å². The summed E-state index contributed by atoms with van der Waals surface area (Å²) in [6.45, 7) is 15.9. The molecule has 2 nitrogen and oxygen atoms in total. The van der Waals surface area contributed by atoms with Gasteiger partial charge in [0.05, 0.1) is 6.61 Å². The van der Waals surface area contributed by atoms with Crippen molar-refractivity contribution in [1.82, 2.24) is 0 Å². The van der Waals surface area contributed by atoms with Gasteiger partial charge >= 0.3 is 0 Å². The standard InChI is InChI=1S/C24H32O2/c1-15-13-24(5)20(9-11-23(24,4)16(2)14-25)19-7-6-17-12-18(26)8-10-22(17,3)21(15)19/h8,10,12,19-21,25H,1-2,6-7,9,11,13-14H2,3-5H3/t19?,20?,21-,22?,23+,24?/m0/s1. The SMILES string of the molecule is C=C1CC2(C)C(CC[C@]2(C)C(=C)CO)C2CCC3=CC(=O)C=CC3(C)[C@@H]12. The van der Waals surface area contributed by atoms with Crippen molar-refractivity contribution < 1.29 is 9.90 Å². The monoisotopic (exact) mass is 352 g/mol. The Hall–Kier alpha value is -1.41. The second-order valence-corrected chi connectivity index (χ2v) is 9.86. The first kappa shape index (κ1) is 18.0. The van der Waals surface area contributed by atoms with E-state index in [9.17, 15) is 9.90 Å². The zero-order valence-corrected chi connectivity index (χ0v) is 16.5. The Balaban J connectivity index is 1.76. The minimum Gasteiger partial charge on any atom is -0.392 e. The van der Waals surface area contributed by atoms with Crippen LogP contribution in [0.15, 0.2) is 48.1 Å². The third-order valence-corrected chi connectivity index (χ3v) is 8.98. The number of fused-ring (bicyclic) bond motifs is 5. The van der Waals surface area contributed by atoms with E-state index in [0.29, 0.717) is 17.8 Å². The van der Waals surface area contributed by atoms with Gasteiger partial charge in [-0.2, -0.15) is 0 Å². The lowest BCUT2D eigenvalue weighted by Crippen LogP contribution is -2.52. The van der Waals surface area contributed by atoms with Crippen molar-refractivity contribution in [2.75, 3.05) is 6.61 Å². The third kappa shape index (κ3) is 2.05. The van der Waals surface area contributed by atoms with Crippen LogP contribution in [0, 0.1) is 34.0 Å². The average molecular weight is 353 g/mol. The van der Waals surface area contributed by atoms with E-state index in [1.165, 1.54) is 17.6 Å². The Morgan fingerprint density at radius 2 is 2.04 bits per heavy atom. The molecule has 0 saturated heterocycles. The lowest BCUT2D eigenvalue weighted by atomic mass is 9.44. The first-order chi connectivity index (χ1) is 12.2. The van der Waals surface area contributed by atoms with Crippen molar-refractivity contribution >= 4 is 5.78 Å². The van der Waals surface area contributed by atoms with Crippen LogP contribution in [-0.4, -0.2) is 17.5 Å². The van der Waals surface area contributed by atoms with E-state index in [1.807, 2.05) is 6.08 Å². The molecule has 4 aliphatic rings. The summed E-state index contributed by atoms with van der Waals surface area (Å²) >= 11 is 0. The summed E-state index contributed by atoms with van der Waals surface area (Å²) in [7, 11) is 0. The summed E-state index contributed by atoms with van der Waals surface area (Å²) in [6.07, 6.45) is 11.3. The summed E-state index contributed by atoms with van der Waals surface area (Å²) in [5.41, 5.74) is 3.67. The highest BCUT2D eigenvalue weighted by atomic mass is 16.3. The molecule has 0 amide bonds. The number of hydrogen-bond donors (Lipinski definition) is 1. The number of aliphatic hydroxyl groups is 1. The van der Waals surface area contributed by atoms with Crippen LogP contribution in [0.5, 0.6) is 0 Å². The summed E-state index contributed by atoms with van der Waals surface area (Å²) in [5, 5.41) is 9.81. The second kappa shape index (κ2) is 5.55. The molecule has 0 aromatic heterocycles. The van der Waals surface area contributed by atoms with Crippen molar-refractivity contribution in [2.45, 2.75) is 52.9 Å². The molecule has 0 heterocycles. The molecule has 140 valence electrons. The maximum Gasteiger partial charge on any atom is 0.178 e. The average Bonchev–Trinajstić information content (AvgIpc) is 2.86.